The minimum absolute atomic E-state index is 0.155. The summed E-state index contributed by atoms with van der Waals surface area (Å²) >= 11 is 2.91. The average molecular weight is 415 g/mol. The summed E-state index contributed by atoms with van der Waals surface area (Å²) in [5.74, 6) is 1.12. The number of imidazole rings is 1. The highest BCUT2D eigenvalue weighted by Crippen LogP contribution is 2.35. The summed E-state index contributed by atoms with van der Waals surface area (Å²) < 4.78 is 12.6. The van der Waals surface area contributed by atoms with Crippen LogP contribution in [-0.4, -0.2) is 34.5 Å². The minimum atomic E-state index is -0.155. The van der Waals surface area contributed by atoms with Gasteiger partial charge in [0.05, 0.1) is 32.2 Å². The summed E-state index contributed by atoms with van der Waals surface area (Å²) in [6.45, 7) is 2.21. The van der Waals surface area contributed by atoms with Crippen LogP contribution in [-0.2, 0) is 6.54 Å². The molecule has 0 bridgehead atoms. The molecule has 9 heteroatoms. The molecule has 4 aromatic rings. The fourth-order valence-corrected chi connectivity index (χ4v) is 4.51. The lowest BCUT2D eigenvalue weighted by atomic mass is 10.2. The maximum Gasteiger partial charge on any atom is 0.263 e. The van der Waals surface area contributed by atoms with E-state index in [1.165, 1.54) is 11.3 Å². The topological polar surface area (TPSA) is 77.8 Å². The molecule has 0 spiro atoms. The molecular formula is C19H18N4O3S2. The summed E-state index contributed by atoms with van der Waals surface area (Å²) in [6, 6.07) is 5.59. The van der Waals surface area contributed by atoms with E-state index in [0.717, 1.165) is 21.2 Å². The van der Waals surface area contributed by atoms with E-state index in [1.54, 1.807) is 25.6 Å². The summed E-state index contributed by atoms with van der Waals surface area (Å²) in [5, 5.41) is 5.66. The van der Waals surface area contributed by atoms with Crippen LogP contribution in [0.2, 0.25) is 0 Å². The molecule has 1 aromatic carbocycles. The standard InChI is InChI=1S/C19H18N4O3S2/c1-11-16(17(24)20-9-13-10-23-6-7-27-19(23)22-13)28-18(21-11)12-4-5-14(25-2)15(8-12)26-3/h4-8,10H,9H2,1-3H3,(H,20,24). The van der Waals surface area contributed by atoms with Gasteiger partial charge in [-0.2, -0.15) is 0 Å². The number of amides is 1. The van der Waals surface area contributed by atoms with Crippen molar-refractivity contribution < 1.29 is 14.3 Å². The molecule has 0 fully saturated rings. The van der Waals surface area contributed by atoms with E-state index in [4.69, 9.17) is 9.47 Å². The van der Waals surface area contributed by atoms with Gasteiger partial charge in [0.25, 0.3) is 5.91 Å². The Bertz CT molecular complexity index is 1120. The van der Waals surface area contributed by atoms with E-state index >= 15 is 0 Å². The van der Waals surface area contributed by atoms with E-state index in [0.29, 0.717) is 28.6 Å². The lowest BCUT2D eigenvalue weighted by Gasteiger charge is -2.08. The molecule has 4 rings (SSSR count). The number of aromatic nitrogens is 3. The first-order chi connectivity index (χ1) is 13.6. The van der Waals surface area contributed by atoms with Crippen LogP contribution in [0.3, 0.4) is 0 Å². The molecular weight excluding hydrogens is 396 g/mol. The largest absolute Gasteiger partial charge is 0.493 e. The number of nitrogens with zero attached hydrogens (tertiary/aromatic N) is 3. The Balaban J connectivity index is 1.51. The minimum Gasteiger partial charge on any atom is -0.493 e. The van der Waals surface area contributed by atoms with E-state index in [9.17, 15) is 4.79 Å². The normalized spacial score (nSPS) is 11.0. The molecule has 1 N–H and O–H groups in total. The number of carbonyl (C=O) groups is 1. The van der Waals surface area contributed by atoms with Gasteiger partial charge in [-0.05, 0) is 25.1 Å². The molecule has 0 aliphatic rings. The van der Waals surface area contributed by atoms with Crippen LogP contribution in [0.15, 0.2) is 36.0 Å². The second-order valence-electron chi connectivity index (χ2n) is 6.01. The fourth-order valence-electron chi connectivity index (χ4n) is 2.81. The summed E-state index contributed by atoms with van der Waals surface area (Å²) in [5.41, 5.74) is 2.39. The van der Waals surface area contributed by atoms with Gasteiger partial charge < -0.3 is 14.8 Å². The number of thiazole rings is 2. The Morgan fingerprint density at radius 1 is 1.21 bits per heavy atom. The lowest BCUT2D eigenvalue weighted by molar-refractivity contribution is 0.0953. The predicted octanol–water partition coefficient (Wildman–Crippen LogP) is 3.77. The fraction of sp³-hybridized carbons (Fsp3) is 0.211. The maximum absolute atomic E-state index is 12.6. The number of benzene rings is 1. The zero-order valence-corrected chi connectivity index (χ0v) is 17.2. The molecule has 28 heavy (non-hydrogen) atoms. The van der Waals surface area contributed by atoms with Gasteiger partial charge >= 0.3 is 0 Å². The van der Waals surface area contributed by atoms with Crippen molar-refractivity contribution in [2.45, 2.75) is 13.5 Å². The monoisotopic (exact) mass is 414 g/mol. The molecule has 0 saturated heterocycles. The number of ether oxygens (including phenoxy) is 2. The Morgan fingerprint density at radius 3 is 2.79 bits per heavy atom. The molecule has 3 aromatic heterocycles. The number of hydrogen-bond donors (Lipinski definition) is 1. The van der Waals surface area contributed by atoms with Crippen molar-refractivity contribution in [3.63, 3.8) is 0 Å². The van der Waals surface area contributed by atoms with Crippen LogP contribution >= 0.6 is 22.7 Å². The van der Waals surface area contributed by atoms with Crippen LogP contribution < -0.4 is 14.8 Å². The average Bonchev–Trinajstić information content (AvgIpc) is 3.40. The Labute approximate surface area is 169 Å². The van der Waals surface area contributed by atoms with Gasteiger partial charge in [0.1, 0.15) is 9.88 Å². The summed E-state index contributed by atoms with van der Waals surface area (Å²) in [6.07, 6.45) is 3.86. The first-order valence-electron chi connectivity index (χ1n) is 8.48. The second kappa shape index (κ2) is 7.61. The molecule has 0 atom stereocenters. The quantitative estimate of drug-likeness (QED) is 0.520. The number of aryl methyl sites for hydroxylation is 1. The number of carbonyl (C=O) groups excluding carboxylic acids is 1. The van der Waals surface area contributed by atoms with E-state index in [1.807, 2.05) is 47.3 Å². The van der Waals surface area contributed by atoms with Crippen LogP contribution in [0.25, 0.3) is 15.5 Å². The number of fused-ring (bicyclic) bond motifs is 1. The zero-order chi connectivity index (χ0) is 19.7. The van der Waals surface area contributed by atoms with Crippen molar-refractivity contribution in [2.24, 2.45) is 0 Å². The Hall–Kier alpha value is -2.91. The van der Waals surface area contributed by atoms with Crippen molar-refractivity contribution in [1.82, 2.24) is 19.7 Å². The first-order valence-corrected chi connectivity index (χ1v) is 10.2. The van der Waals surface area contributed by atoms with Crippen LogP contribution in [0.5, 0.6) is 11.5 Å². The van der Waals surface area contributed by atoms with Crippen LogP contribution in [0, 0.1) is 6.92 Å². The number of nitrogens with one attached hydrogen (secondary N) is 1. The summed E-state index contributed by atoms with van der Waals surface area (Å²) in [4.78, 5) is 23.2. The number of rotatable bonds is 6. The van der Waals surface area contributed by atoms with Crippen molar-refractivity contribution in [3.8, 4) is 22.1 Å². The van der Waals surface area contributed by atoms with Crippen molar-refractivity contribution in [1.29, 1.82) is 0 Å². The van der Waals surface area contributed by atoms with E-state index < -0.39 is 0 Å². The molecule has 0 radical (unpaired) electrons. The SMILES string of the molecule is COc1ccc(-c2nc(C)c(C(=O)NCc3cn4ccsc4n3)s2)cc1OC. The second-order valence-corrected chi connectivity index (χ2v) is 7.88. The van der Waals surface area contributed by atoms with Gasteiger partial charge in [0, 0.05) is 23.3 Å². The molecule has 0 aliphatic carbocycles. The molecule has 0 aliphatic heterocycles. The number of hydrogen-bond acceptors (Lipinski definition) is 7. The van der Waals surface area contributed by atoms with Gasteiger partial charge in [-0.3, -0.25) is 9.20 Å². The molecule has 144 valence electrons. The third-order valence-electron chi connectivity index (χ3n) is 4.21. The van der Waals surface area contributed by atoms with Gasteiger partial charge in [0.15, 0.2) is 16.5 Å². The number of methoxy groups -OCH3 is 2. The highest BCUT2D eigenvalue weighted by molar-refractivity contribution is 7.17. The first kappa shape index (κ1) is 18.5. The third-order valence-corrected chi connectivity index (χ3v) is 6.18. The maximum atomic E-state index is 12.6. The van der Waals surface area contributed by atoms with Crippen molar-refractivity contribution in [3.05, 3.63) is 52.2 Å². The van der Waals surface area contributed by atoms with E-state index in [2.05, 4.69) is 15.3 Å². The highest BCUT2D eigenvalue weighted by Gasteiger charge is 2.17. The van der Waals surface area contributed by atoms with Crippen LogP contribution in [0.1, 0.15) is 21.1 Å². The molecule has 3 heterocycles. The molecule has 0 saturated carbocycles. The lowest BCUT2D eigenvalue weighted by Crippen LogP contribution is -2.22. The van der Waals surface area contributed by atoms with Gasteiger partial charge in [-0.25, -0.2) is 9.97 Å². The molecule has 0 unspecified atom stereocenters. The smallest absolute Gasteiger partial charge is 0.263 e. The predicted molar refractivity (Wildman–Crippen MR) is 110 cm³/mol. The zero-order valence-electron chi connectivity index (χ0n) is 15.6. The van der Waals surface area contributed by atoms with Gasteiger partial charge in [-0.1, -0.05) is 0 Å². The van der Waals surface area contributed by atoms with Crippen LogP contribution in [0.4, 0.5) is 0 Å². The van der Waals surface area contributed by atoms with Crippen molar-refractivity contribution in [2.75, 3.05) is 14.2 Å². The molecule has 7 nitrogen and oxygen atoms in total. The Kier molecular flexibility index (Phi) is 5.01. The van der Waals surface area contributed by atoms with Gasteiger partial charge in [-0.15, -0.1) is 22.7 Å². The van der Waals surface area contributed by atoms with Gasteiger partial charge in [0.2, 0.25) is 0 Å². The van der Waals surface area contributed by atoms with E-state index in [-0.39, 0.29) is 5.91 Å². The third kappa shape index (κ3) is 3.46. The molecule has 1 amide bonds. The summed E-state index contributed by atoms with van der Waals surface area (Å²) in [7, 11) is 3.19. The van der Waals surface area contributed by atoms with Crippen molar-refractivity contribution >= 4 is 33.5 Å². The highest BCUT2D eigenvalue weighted by atomic mass is 32.1. The Morgan fingerprint density at radius 2 is 2.04 bits per heavy atom.